The molecule has 0 bridgehead atoms. The van der Waals surface area contributed by atoms with Gasteiger partial charge in [0.15, 0.2) is 5.78 Å². The molecule has 0 radical (unpaired) electrons. The number of carbonyl (C=O) groups is 1. The van der Waals surface area contributed by atoms with Gasteiger partial charge in [-0.1, -0.05) is 0 Å². The van der Waals surface area contributed by atoms with Gasteiger partial charge in [0.25, 0.3) is 0 Å². The molecule has 0 aromatic carbocycles. The molecule has 1 fully saturated rings. The van der Waals surface area contributed by atoms with Gasteiger partial charge in [-0.2, -0.15) is 0 Å². The number of hydrogen-bond donors (Lipinski definition) is 1. The number of carbonyl (C=O) groups excluding carboxylic acids is 1. The molecule has 0 saturated carbocycles. The van der Waals surface area contributed by atoms with E-state index in [2.05, 4.69) is 9.88 Å². The third-order valence-corrected chi connectivity index (χ3v) is 2.40. The van der Waals surface area contributed by atoms with Crippen molar-refractivity contribution in [2.45, 2.75) is 6.92 Å². The fraction of sp³-hybridized carbons (Fsp3) is 0.500. The van der Waals surface area contributed by atoms with Crippen LogP contribution in [0.4, 0.5) is 5.82 Å². The lowest BCUT2D eigenvalue weighted by molar-refractivity contribution is 0.101. The van der Waals surface area contributed by atoms with Crippen molar-refractivity contribution in [3.8, 4) is 0 Å². The first kappa shape index (κ1) is 9.27. The molecule has 14 heavy (non-hydrogen) atoms. The molecule has 0 atom stereocenters. The number of ketones is 1. The van der Waals surface area contributed by atoms with E-state index in [1.807, 2.05) is 12.1 Å². The highest BCUT2D eigenvalue weighted by Gasteiger charge is 2.13. The van der Waals surface area contributed by atoms with Crippen LogP contribution in [0.25, 0.3) is 0 Å². The number of Topliss-reactive ketones (excluding diaryl/α,β-unsaturated/α-hetero) is 1. The number of nitrogens with zero attached hydrogens (tertiary/aromatic N) is 1. The Labute approximate surface area is 82.9 Å². The van der Waals surface area contributed by atoms with Crippen molar-refractivity contribution in [2.75, 3.05) is 31.2 Å². The van der Waals surface area contributed by atoms with Gasteiger partial charge in [-0.15, -0.1) is 0 Å². The molecular weight excluding hydrogens is 180 g/mol. The van der Waals surface area contributed by atoms with Crippen molar-refractivity contribution in [1.82, 2.24) is 4.98 Å². The minimum atomic E-state index is 0.0736. The monoisotopic (exact) mass is 194 g/mol. The van der Waals surface area contributed by atoms with Crippen molar-refractivity contribution in [1.29, 1.82) is 0 Å². The van der Waals surface area contributed by atoms with Gasteiger partial charge in [-0.3, -0.25) is 4.79 Å². The molecule has 1 aliphatic rings. The summed E-state index contributed by atoms with van der Waals surface area (Å²) in [7, 11) is 0. The zero-order valence-electron chi connectivity index (χ0n) is 8.25. The van der Waals surface area contributed by atoms with Crippen LogP contribution in [0.5, 0.6) is 0 Å². The zero-order chi connectivity index (χ0) is 9.97. The number of hydrogen-bond acceptors (Lipinski definition) is 3. The predicted molar refractivity (Wildman–Crippen MR) is 53.8 cm³/mol. The van der Waals surface area contributed by atoms with Gasteiger partial charge in [-0.25, -0.2) is 0 Å². The number of nitrogens with one attached hydrogen (secondary N) is 1. The van der Waals surface area contributed by atoms with Gasteiger partial charge in [0.05, 0.1) is 18.9 Å². The molecule has 0 spiro atoms. The number of ether oxygens (including phenoxy) is 1. The maximum atomic E-state index is 11.1. The molecule has 1 aliphatic heterocycles. The topological polar surface area (TPSA) is 45.3 Å². The number of H-pyrrole nitrogens is 1. The Morgan fingerprint density at radius 1 is 1.43 bits per heavy atom. The van der Waals surface area contributed by atoms with E-state index in [-0.39, 0.29) is 5.78 Å². The number of morpholine rings is 1. The van der Waals surface area contributed by atoms with Crippen LogP contribution in [0, 0.1) is 0 Å². The van der Waals surface area contributed by atoms with Crippen LogP contribution < -0.4 is 4.90 Å². The van der Waals surface area contributed by atoms with E-state index in [0.29, 0.717) is 5.69 Å². The summed E-state index contributed by atoms with van der Waals surface area (Å²) in [5, 5.41) is 0. The van der Waals surface area contributed by atoms with E-state index < -0.39 is 0 Å². The summed E-state index contributed by atoms with van der Waals surface area (Å²) < 4.78 is 5.25. The second kappa shape index (κ2) is 3.84. The molecule has 2 rings (SSSR count). The Morgan fingerprint density at radius 2 is 2.14 bits per heavy atom. The Kier molecular flexibility index (Phi) is 2.54. The second-order valence-electron chi connectivity index (χ2n) is 3.41. The van der Waals surface area contributed by atoms with Crippen LogP contribution >= 0.6 is 0 Å². The van der Waals surface area contributed by atoms with Gasteiger partial charge in [-0.05, 0) is 12.1 Å². The molecule has 1 aromatic rings. The zero-order valence-corrected chi connectivity index (χ0v) is 8.25. The first-order valence-electron chi connectivity index (χ1n) is 4.80. The third kappa shape index (κ3) is 1.80. The lowest BCUT2D eigenvalue weighted by Gasteiger charge is -2.27. The molecule has 4 heteroatoms. The Hall–Kier alpha value is -1.29. The van der Waals surface area contributed by atoms with Crippen molar-refractivity contribution < 1.29 is 9.53 Å². The van der Waals surface area contributed by atoms with Crippen LogP contribution in [-0.4, -0.2) is 37.1 Å². The summed E-state index contributed by atoms with van der Waals surface area (Å²) >= 11 is 0. The minimum Gasteiger partial charge on any atom is -0.378 e. The summed E-state index contributed by atoms with van der Waals surface area (Å²) in [6.07, 6.45) is 0. The predicted octanol–water partition coefficient (Wildman–Crippen LogP) is 1.05. The smallest absolute Gasteiger partial charge is 0.175 e. The maximum Gasteiger partial charge on any atom is 0.175 e. The largest absolute Gasteiger partial charge is 0.378 e. The van der Waals surface area contributed by atoms with E-state index in [4.69, 9.17) is 4.74 Å². The lowest BCUT2D eigenvalue weighted by Crippen LogP contribution is -2.36. The molecule has 1 aromatic heterocycles. The van der Waals surface area contributed by atoms with Gasteiger partial charge in [0, 0.05) is 20.0 Å². The summed E-state index contributed by atoms with van der Waals surface area (Å²) in [6.45, 7) is 4.85. The summed E-state index contributed by atoms with van der Waals surface area (Å²) in [6, 6.07) is 3.77. The van der Waals surface area contributed by atoms with Crippen LogP contribution in [0.1, 0.15) is 17.4 Å². The van der Waals surface area contributed by atoms with Gasteiger partial charge in [0.1, 0.15) is 5.82 Å². The SMILES string of the molecule is CC(=O)c1ccc(N2CCOCC2)[nH]1. The lowest BCUT2D eigenvalue weighted by atomic mass is 10.3. The minimum absolute atomic E-state index is 0.0736. The highest BCUT2D eigenvalue weighted by molar-refractivity contribution is 5.92. The number of aromatic nitrogens is 1. The molecule has 1 saturated heterocycles. The quantitative estimate of drug-likeness (QED) is 0.716. The third-order valence-electron chi connectivity index (χ3n) is 2.40. The number of aromatic amines is 1. The van der Waals surface area contributed by atoms with Crippen LogP contribution in [0.3, 0.4) is 0 Å². The van der Waals surface area contributed by atoms with Crippen molar-refractivity contribution in [2.24, 2.45) is 0 Å². The van der Waals surface area contributed by atoms with Gasteiger partial charge < -0.3 is 14.6 Å². The van der Waals surface area contributed by atoms with Crippen molar-refractivity contribution >= 4 is 11.6 Å². The van der Waals surface area contributed by atoms with E-state index in [1.54, 1.807) is 6.92 Å². The van der Waals surface area contributed by atoms with Crippen LogP contribution in [0.2, 0.25) is 0 Å². The normalized spacial score (nSPS) is 17.1. The Balaban J connectivity index is 2.11. The summed E-state index contributed by atoms with van der Waals surface area (Å²) in [5.74, 6) is 1.09. The Bertz CT molecular complexity index is 327. The molecule has 0 aliphatic carbocycles. The highest BCUT2D eigenvalue weighted by atomic mass is 16.5. The maximum absolute atomic E-state index is 11.1. The van der Waals surface area contributed by atoms with Gasteiger partial charge in [0.2, 0.25) is 0 Å². The number of rotatable bonds is 2. The van der Waals surface area contributed by atoms with Crippen molar-refractivity contribution in [3.05, 3.63) is 17.8 Å². The van der Waals surface area contributed by atoms with E-state index in [0.717, 1.165) is 32.1 Å². The molecule has 4 nitrogen and oxygen atoms in total. The van der Waals surface area contributed by atoms with Crippen LogP contribution in [-0.2, 0) is 4.74 Å². The molecule has 2 heterocycles. The van der Waals surface area contributed by atoms with E-state index in [9.17, 15) is 4.79 Å². The molecule has 0 amide bonds. The first-order valence-corrected chi connectivity index (χ1v) is 4.80. The molecule has 1 N–H and O–H groups in total. The Morgan fingerprint density at radius 3 is 2.71 bits per heavy atom. The average Bonchev–Trinajstić information content (AvgIpc) is 2.68. The highest BCUT2D eigenvalue weighted by Crippen LogP contribution is 2.14. The fourth-order valence-electron chi connectivity index (χ4n) is 1.58. The van der Waals surface area contributed by atoms with Crippen LogP contribution in [0.15, 0.2) is 12.1 Å². The fourth-order valence-corrected chi connectivity index (χ4v) is 1.58. The van der Waals surface area contributed by atoms with E-state index >= 15 is 0 Å². The van der Waals surface area contributed by atoms with E-state index in [1.165, 1.54) is 0 Å². The summed E-state index contributed by atoms with van der Waals surface area (Å²) in [4.78, 5) is 16.4. The number of anilines is 1. The molecule has 0 unspecified atom stereocenters. The average molecular weight is 194 g/mol. The first-order chi connectivity index (χ1) is 6.77. The summed E-state index contributed by atoms with van der Waals surface area (Å²) in [5.41, 5.74) is 0.673. The standard InChI is InChI=1S/C10H14N2O2/c1-8(13)9-2-3-10(11-9)12-4-6-14-7-5-12/h2-3,11H,4-7H2,1H3. The molecule has 76 valence electrons. The van der Waals surface area contributed by atoms with Crippen molar-refractivity contribution in [3.63, 3.8) is 0 Å². The van der Waals surface area contributed by atoms with Gasteiger partial charge >= 0.3 is 0 Å². The second-order valence-corrected chi connectivity index (χ2v) is 3.41. The molecular formula is C10H14N2O2.